The maximum atomic E-state index is 8.67. The summed E-state index contributed by atoms with van der Waals surface area (Å²) in [6, 6.07) is 5.75. The van der Waals surface area contributed by atoms with Crippen LogP contribution in [0.5, 0.6) is 0 Å². The quantitative estimate of drug-likeness (QED) is 0.839. The molecule has 2 rings (SSSR count). The molecular formula is C10H8BrN3O. The summed E-state index contributed by atoms with van der Waals surface area (Å²) >= 11 is 3.33. The fourth-order valence-electron chi connectivity index (χ4n) is 1.39. The average molecular weight is 266 g/mol. The van der Waals surface area contributed by atoms with Crippen LogP contribution in [0.3, 0.4) is 0 Å². The molecule has 0 aromatic carbocycles. The topological polar surface area (TPSA) is 54.8 Å². The zero-order valence-corrected chi connectivity index (χ0v) is 9.65. The maximum Gasteiger partial charge on any atom is 0.177 e. The highest BCUT2D eigenvalue weighted by Gasteiger charge is 2.15. The molecule has 0 bridgehead atoms. The first-order valence-electron chi connectivity index (χ1n) is 4.36. The molecule has 5 heteroatoms. The number of hydrogen-bond donors (Lipinski definition) is 0. The summed E-state index contributed by atoms with van der Waals surface area (Å²) < 4.78 is 7.81. The van der Waals surface area contributed by atoms with E-state index in [1.165, 1.54) is 0 Å². The predicted octanol–water partition coefficient (Wildman–Crippen LogP) is 2.51. The second-order valence-corrected chi connectivity index (χ2v) is 3.80. The third-order valence-electron chi connectivity index (χ3n) is 2.15. The van der Waals surface area contributed by atoms with E-state index in [4.69, 9.17) is 9.68 Å². The minimum absolute atomic E-state index is 0.324. The smallest absolute Gasteiger partial charge is 0.177 e. The van der Waals surface area contributed by atoms with Gasteiger partial charge in [-0.25, -0.2) is 4.98 Å². The zero-order valence-electron chi connectivity index (χ0n) is 8.07. The minimum Gasteiger partial charge on any atom is -0.461 e. The first kappa shape index (κ1) is 9.99. The fraction of sp³-hybridized carbons (Fsp3) is 0.200. The highest BCUT2D eigenvalue weighted by Crippen LogP contribution is 2.25. The molecule has 76 valence electrons. The van der Waals surface area contributed by atoms with Gasteiger partial charge >= 0.3 is 0 Å². The van der Waals surface area contributed by atoms with E-state index in [9.17, 15) is 0 Å². The van der Waals surface area contributed by atoms with Crippen molar-refractivity contribution in [3.63, 3.8) is 0 Å². The van der Waals surface area contributed by atoms with Crippen LogP contribution in [0.2, 0.25) is 0 Å². The molecular weight excluding hydrogens is 258 g/mol. The summed E-state index contributed by atoms with van der Waals surface area (Å²) in [6.45, 7) is 0. The van der Waals surface area contributed by atoms with Gasteiger partial charge in [0.25, 0.3) is 0 Å². The molecule has 0 unspecified atom stereocenters. The number of halogens is 1. The molecule has 0 saturated carbocycles. The van der Waals surface area contributed by atoms with E-state index < -0.39 is 0 Å². The lowest BCUT2D eigenvalue weighted by molar-refractivity contribution is 0.573. The van der Waals surface area contributed by atoms with E-state index in [0.717, 1.165) is 11.5 Å². The average Bonchev–Trinajstić information content (AvgIpc) is 2.81. The first-order valence-corrected chi connectivity index (χ1v) is 5.15. The van der Waals surface area contributed by atoms with Crippen molar-refractivity contribution in [1.82, 2.24) is 9.55 Å². The number of furan rings is 1. The Morgan fingerprint density at radius 1 is 1.67 bits per heavy atom. The number of rotatable bonds is 2. The van der Waals surface area contributed by atoms with Crippen LogP contribution >= 0.6 is 15.9 Å². The van der Waals surface area contributed by atoms with Crippen LogP contribution in [-0.2, 0) is 13.5 Å². The lowest BCUT2D eigenvalue weighted by Gasteiger charge is -2.00. The molecule has 0 amide bonds. The highest BCUT2D eigenvalue weighted by molar-refractivity contribution is 9.10. The molecule has 0 aliphatic carbocycles. The maximum absolute atomic E-state index is 8.67. The minimum atomic E-state index is 0.324. The summed E-state index contributed by atoms with van der Waals surface area (Å²) in [5, 5.41) is 8.67. The van der Waals surface area contributed by atoms with Crippen molar-refractivity contribution in [2.75, 3.05) is 0 Å². The standard InChI is InChI=1S/C10H8BrN3O/c1-14-7(4-5-12)9(11)13-10(14)8-3-2-6-15-8/h2-3,6H,4H2,1H3. The summed E-state index contributed by atoms with van der Waals surface area (Å²) in [5.74, 6) is 1.42. The van der Waals surface area contributed by atoms with E-state index >= 15 is 0 Å². The second kappa shape index (κ2) is 3.91. The normalized spacial score (nSPS) is 10.2. The lowest BCUT2D eigenvalue weighted by atomic mass is 10.3. The van der Waals surface area contributed by atoms with Crippen molar-refractivity contribution in [3.8, 4) is 17.7 Å². The Kier molecular flexibility index (Phi) is 2.60. The molecule has 0 N–H and O–H groups in total. The molecule has 0 atom stereocenters. The Morgan fingerprint density at radius 2 is 2.47 bits per heavy atom. The van der Waals surface area contributed by atoms with E-state index in [1.807, 2.05) is 23.7 Å². The molecule has 0 fully saturated rings. The van der Waals surface area contributed by atoms with E-state index in [2.05, 4.69) is 27.0 Å². The molecule has 2 aromatic rings. The first-order chi connectivity index (χ1) is 7.24. The summed E-state index contributed by atoms with van der Waals surface area (Å²) in [4.78, 5) is 4.31. The van der Waals surface area contributed by atoms with Crippen molar-refractivity contribution < 1.29 is 4.42 Å². The molecule has 0 saturated heterocycles. The van der Waals surface area contributed by atoms with Gasteiger partial charge in [-0.05, 0) is 28.1 Å². The van der Waals surface area contributed by atoms with Gasteiger partial charge in [0, 0.05) is 7.05 Å². The summed E-state index contributed by atoms with van der Waals surface area (Å²) in [5.41, 5.74) is 0.851. The predicted molar refractivity (Wildman–Crippen MR) is 57.9 cm³/mol. The van der Waals surface area contributed by atoms with Gasteiger partial charge in [0.15, 0.2) is 11.6 Å². The lowest BCUT2D eigenvalue weighted by Crippen LogP contribution is -1.97. The number of aromatic nitrogens is 2. The van der Waals surface area contributed by atoms with Gasteiger partial charge in [-0.1, -0.05) is 0 Å². The van der Waals surface area contributed by atoms with Crippen LogP contribution in [0.1, 0.15) is 5.69 Å². The third kappa shape index (κ3) is 1.68. The van der Waals surface area contributed by atoms with E-state index in [-0.39, 0.29) is 0 Å². The van der Waals surface area contributed by atoms with Gasteiger partial charge in [0.1, 0.15) is 4.60 Å². The van der Waals surface area contributed by atoms with Gasteiger partial charge in [0.2, 0.25) is 0 Å². The number of imidazole rings is 1. The Bertz CT molecular complexity index is 508. The molecule has 0 aliphatic heterocycles. The van der Waals surface area contributed by atoms with Crippen LogP contribution in [0, 0.1) is 11.3 Å². The molecule has 0 spiro atoms. The van der Waals surface area contributed by atoms with Crippen LogP contribution in [0.15, 0.2) is 27.4 Å². The zero-order chi connectivity index (χ0) is 10.8. The van der Waals surface area contributed by atoms with Gasteiger partial charge in [-0.3, -0.25) is 0 Å². The van der Waals surface area contributed by atoms with Crippen molar-refractivity contribution in [2.24, 2.45) is 7.05 Å². The highest BCUT2D eigenvalue weighted by atomic mass is 79.9. The van der Waals surface area contributed by atoms with E-state index in [0.29, 0.717) is 16.8 Å². The van der Waals surface area contributed by atoms with Crippen molar-refractivity contribution in [1.29, 1.82) is 5.26 Å². The van der Waals surface area contributed by atoms with Crippen LogP contribution < -0.4 is 0 Å². The van der Waals surface area contributed by atoms with E-state index in [1.54, 1.807) is 6.26 Å². The van der Waals surface area contributed by atoms with Crippen molar-refractivity contribution >= 4 is 15.9 Å². The molecule has 15 heavy (non-hydrogen) atoms. The second-order valence-electron chi connectivity index (χ2n) is 3.04. The Hall–Kier alpha value is -1.54. The van der Waals surface area contributed by atoms with Crippen LogP contribution in [-0.4, -0.2) is 9.55 Å². The fourth-order valence-corrected chi connectivity index (χ4v) is 1.97. The molecule has 4 nitrogen and oxygen atoms in total. The third-order valence-corrected chi connectivity index (χ3v) is 2.79. The summed E-state index contributed by atoms with van der Waals surface area (Å²) in [7, 11) is 1.86. The molecule has 2 aromatic heterocycles. The molecule has 0 aliphatic rings. The van der Waals surface area contributed by atoms with Crippen molar-refractivity contribution in [2.45, 2.75) is 6.42 Å². The Labute approximate surface area is 95.3 Å². The van der Waals surface area contributed by atoms with Crippen LogP contribution in [0.4, 0.5) is 0 Å². The van der Waals surface area contributed by atoms with Gasteiger partial charge in [-0.15, -0.1) is 0 Å². The molecule has 0 radical (unpaired) electrons. The Balaban J connectivity index is 2.52. The largest absolute Gasteiger partial charge is 0.461 e. The summed E-state index contributed by atoms with van der Waals surface area (Å²) in [6.07, 6.45) is 1.92. The van der Waals surface area contributed by atoms with Crippen LogP contribution in [0.25, 0.3) is 11.6 Å². The monoisotopic (exact) mass is 265 g/mol. The molecule has 2 heterocycles. The number of nitriles is 1. The Morgan fingerprint density at radius 3 is 3.07 bits per heavy atom. The number of hydrogen-bond acceptors (Lipinski definition) is 3. The van der Waals surface area contributed by atoms with Gasteiger partial charge in [-0.2, -0.15) is 5.26 Å². The van der Waals surface area contributed by atoms with Gasteiger partial charge in [0.05, 0.1) is 24.4 Å². The number of nitrogens with zero attached hydrogens (tertiary/aromatic N) is 3. The van der Waals surface area contributed by atoms with Crippen molar-refractivity contribution in [3.05, 3.63) is 28.7 Å². The SMILES string of the molecule is Cn1c(-c2ccco2)nc(Br)c1CC#N. The van der Waals surface area contributed by atoms with Gasteiger partial charge < -0.3 is 8.98 Å².